The Hall–Kier alpha value is -0.780. The average molecular weight is 305 g/mol. The van der Waals surface area contributed by atoms with Crippen LogP contribution >= 0.6 is 0 Å². The fourth-order valence-corrected chi connectivity index (χ4v) is 4.19. The predicted molar refractivity (Wildman–Crippen MR) is 79.5 cm³/mol. The smallest absolute Gasteiger partial charge is 0.410 e. The Morgan fingerprint density at radius 3 is 2.55 bits per heavy atom. The number of carbonyl (C=O) groups is 1. The molecule has 20 heavy (non-hydrogen) atoms. The van der Waals surface area contributed by atoms with E-state index in [0.717, 1.165) is 12.8 Å². The predicted octanol–water partition coefficient (Wildman–Crippen LogP) is 2.60. The van der Waals surface area contributed by atoms with E-state index in [0.29, 0.717) is 19.4 Å². The van der Waals surface area contributed by atoms with Crippen molar-refractivity contribution in [2.75, 3.05) is 18.8 Å². The molecule has 0 aromatic carbocycles. The number of nitrogens with zero attached hydrogens (tertiary/aromatic N) is 1. The molecule has 118 valence electrons. The number of unbranched alkanes of at least 4 members (excludes halogenated alkanes) is 1. The molecule has 1 heterocycles. The van der Waals surface area contributed by atoms with E-state index < -0.39 is 26.8 Å². The van der Waals surface area contributed by atoms with Crippen LogP contribution in [0.4, 0.5) is 4.79 Å². The Morgan fingerprint density at radius 2 is 2.00 bits per heavy atom. The second-order valence-electron chi connectivity index (χ2n) is 6.41. The van der Waals surface area contributed by atoms with Gasteiger partial charge in [-0.25, -0.2) is 13.2 Å². The summed E-state index contributed by atoms with van der Waals surface area (Å²) in [7, 11) is -3.11. The first-order valence-electron chi connectivity index (χ1n) is 7.35. The van der Waals surface area contributed by atoms with Crippen molar-refractivity contribution in [3.63, 3.8) is 0 Å². The van der Waals surface area contributed by atoms with Gasteiger partial charge >= 0.3 is 6.09 Å². The van der Waals surface area contributed by atoms with Gasteiger partial charge in [-0.15, -0.1) is 0 Å². The minimum Gasteiger partial charge on any atom is -0.444 e. The lowest BCUT2D eigenvalue weighted by Crippen LogP contribution is -2.47. The van der Waals surface area contributed by atoms with E-state index in [1.54, 1.807) is 0 Å². The quantitative estimate of drug-likeness (QED) is 0.801. The first-order valence-corrected chi connectivity index (χ1v) is 9.07. The SMILES string of the molecule is CCCCS(=O)(=O)[C@H]1CCCN(C(=O)OC(C)(C)C)C1. The number of amides is 1. The zero-order valence-corrected chi connectivity index (χ0v) is 13.8. The topological polar surface area (TPSA) is 63.7 Å². The number of hydrogen-bond donors (Lipinski definition) is 0. The van der Waals surface area contributed by atoms with E-state index in [4.69, 9.17) is 4.74 Å². The van der Waals surface area contributed by atoms with Gasteiger partial charge in [0.2, 0.25) is 0 Å². The Bertz CT molecular complexity index is 425. The molecule has 1 fully saturated rings. The second-order valence-corrected chi connectivity index (χ2v) is 8.81. The Balaban J connectivity index is 2.65. The van der Waals surface area contributed by atoms with Crippen LogP contribution in [0.1, 0.15) is 53.4 Å². The fraction of sp³-hybridized carbons (Fsp3) is 0.929. The van der Waals surface area contributed by atoms with Gasteiger partial charge in [0.25, 0.3) is 0 Å². The summed E-state index contributed by atoms with van der Waals surface area (Å²) in [6.07, 6.45) is 2.50. The van der Waals surface area contributed by atoms with Crippen LogP contribution in [0.3, 0.4) is 0 Å². The van der Waals surface area contributed by atoms with Crippen LogP contribution in [-0.2, 0) is 14.6 Å². The van der Waals surface area contributed by atoms with Crippen LogP contribution in [0.2, 0.25) is 0 Å². The summed E-state index contributed by atoms with van der Waals surface area (Å²) in [5, 5.41) is -0.435. The number of carbonyl (C=O) groups excluding carboxylic acids is 1. The maximum atomic E-state index is 12.2. The summed E-state index contributed by atoms with van der Waals surface area (Å²) in [5.41, 5.74) is -0.550. The van der Waals surface area contributed by atoms with E-state index in [9.17, 15) is 13.2 Å². The molecule has 0 N–H and O–H groups in total. The van der Waals surface area contributed by atoms with Crippen molar-refractivity contribution in [1.29, 1.82) is 0 Å². The largest absolute Gasteiger partial charge is 0.444 e. The highest BCUT2D eigenvalue weighted by atomic mass is 32.2. The lowest BCUT2D eigenvalue weighted by Gasteiger charge is -2.33. The zero-order valence-electron chi connectivity index (χ0n) is 13.0. The maximum Gasteiger partial charge on any atom is 0.410 e. The lowest BCUT2D eigenvalue weighted by molar-refractivity contribution is 0.0219. The second kappa shape index (κ2) is 6.78. The van der Waals surface area contributed by atoms with Gasteiger partial charge in [-0.2, -0.15) is 0 Å². The summed E-state index contributed by atoms with van der Waals surface area (Å²) in [6, 6.07) is 0. The molecule has 0 aliphatic carbocycles. The van der Waals surface area contributed by atoms with Crippen molar-refractivity contribution in [3.8, 4) is 0 Å². The third-order valence-corrected chi connectivity index (χ3v) is 5.58. The highest BCUT2D eigenvalue weighted by Crippen LogP contribution is 2.21. The molecule has 0 aromatic rings. The fourth-order valence-electron chi connectivity index (χ4n) is 2.24. The zero-order chi connectivity index (χ0) is 15.4. The summed E-state index contributed by atoms with van der Waals surface area (Å²) >= 11 is 0. The van der Waals surface area contributed by atoms with Gasteiger partial charge in [0, 0.05) is 13.1 Å². The summed E-state index contributed by atoms with van der Waals surface area (Å²) < 4.78 is 29.7. The van der Waals surface area contributed by atoms with Crippen molar-refractivity contribution < 1.29 is 17.9 Å². The Morgan fingerprint density at radius 1 is 1.35 bits per heavy atom. The molecular formula is C14H27NO4S. The Kier molecular flexibility index (Phi) is 5.86. The van der Waals surface area contributed by atoms with Crippen molar-refractivity contribution in [2.24, 2.45) is 0 Å². The summed E-state index contributed by atoms with van der Waals surface area (Å²) in [6.45, 7) is 8.25. The molecule has 1 rings (SSSR count). The molecule has 5 nitrogen and oxygen atoms in total. The van der Waals surface area contributed by atoms with Crippen LogP contribution in [0.15, 0.2) is 0 Å². The van der Waals surface area contributed by atoms with Crippen molar-refractivity contribution in [2.45, 2.75) is 64.2 Å². The number of sulfone groups is 1. The van der Waals surface area contributed by atoms with Crippen LogP contribution in [0, 0.1) is 0 Å². The lowest BCUT2D eigenvalue weighted by atomic mass is 10.1. The van der Waals surface area contributed by atoms with Crippen molar-refractivity contribution >= 4 is 15.9 Å². The van der Waals surface area contributed by atoms with Crippen LogP contribution in [-0.4, -0.2) is 49.1 Å². The first kappa shape index (κ1) is 17.3. The van der Waals surface area contributed by atoms with Crippen LogP contribution < -0.4 is 0 Å². The normalized spacial score (nSPS) is 20.8. The molecule has 0 unspecified atom stereocenters. The minimum atomic E-state index is -3.11. The third-order valence-electron chi connectivity index (χ3n) is 3.32. The molecule has 0 bridgehead atoms. The van der Waals surface area contributed by atoms with E-state index in [-0.39, 0.29) is 12.3 Å². The number of rotatable bonds is 4. The van der Waals surface area contributed by atoms with Crippen molar-refractivity contribution in [1.82, 2.24) is 4.90 Å². The van der Waals surface area contributed by atoms with E-state index in [1.807, 2.05) is 27.7 Å². The maximum absolute atomic E-state index is 12.2. The number of hydrogen-bond acceptors (Lipinski definition) is 4. The van der Waals surface area contributed by atoms with E-state index >= 15 is 0 Å². The molecule has 0 spiro atoms. The standard InChI is InChI=1S/C14H27NO4S/c1-5-6-10-20(17,18)12-8-7-9-15(11-12)13(16)19-14(2,3)4/h12H,5-11H2,1-4H3/t12-/m0/s1. The molecule has 1 aliphatic rings. The number of ether oxygens (including phenoxy) is 1. The molecular weight excluding hydrogens is 278 g/mol. The van der Waals surface area contributed by atoms with Gasteiger partial charge < -0.3 is 9.64 Å². The van der Waals surface area contributed by atoms with Gasteiger partial charge in [0.15, 0.2) is 9.84 Å². The molecule has 1 atom stereocenters. The average Bonchev–Trinajstić information content (AvgIpc) is 2.34. The van der Waals surface area contributed by atoms with Gasteiger partial charge in [-0.05, 0) is 40.0 Å². The summed E-state index contributed by atoms with van der Waals surface area (Å²) in [5.74, 6) is 0.219. The molecule has 1 aliphatic heterocycles. The van der Waals surface area contributed by atoms with Gasteiger partial charge in [-0.3, -0.25) is 0 Å². The van der Waals surface area contributed by atoms with Gasteiger partial charge in [0.1, 0.15) is 5.60 Å². The van der Waals surface area contributed by atoms with Gasteiger partial charge in [0.05, 0.1) is 11.0 Å². The Labute approximate surface area is 122 Å². The van der Waals surface area contributed by atoms with Crippen LogP contribution in [0.25, 0.3) is 0 Å². The summed E-state index contributed by atoms with van der Waals surface area (Å²) in [4.78, 5) is 13.5. The molecule has 0 saturated carbocycles. The van der Waals surface area contributed by atoms with Crippen molar-refractivity contribution in [3.05, 3.63) is 0 Å². The van der Waals surface area contributed by atoms with Crippen LogP contribution in [0.5, 0.6) is 0 Å². The number of piperidine rings is 1. The molecule has 6 heteroatoms. The van der Waals surface area contributed by atoms with Gasteiger partial charge in [-0.1, -0.05) is 13.3 Å². The molecule has 0 radical (unpaired) electrons. The monoisotopic (exact) mass is 305 g/mol. The van der Waals surface area contributed by atoms with E-state index in [2.05, 4.69) is 0 Å². The highest BCUT2D eigenvalue weighted by molar-refractivity contribution is 7.92. The number of likely N-dealkylation sites (tertiary alicyclic amines) is 1. The highest BCUT2D eigenvalue weighted by Gasteiger charge is 2.33. The van der Waals surface area contributed by atoms with E-state index in [1.165, 1.54) is 4.90 Å². The molecule has 0 aromatic heterocycles. The third kappa shape index (κ3) is 5.31. The first-order chi connectivity index (χ1) is 9.15. The molecule has 1 amide bonds. The minimum absolute atomic E-state index is 0.219. The molecule has 1 saturated heterocycles.